The molecule has 0 aliphatic heterocycles. The summed E-state index contributed by atoms with van der Waals surface area (Å²) in [5, 5.41) is 8.04. The molecule has 0 aliphatic carbocycles. The van der Waals surface area contributed by atoms with Gasteiger partial charge in [-0.15, -0.1) is 0 Å². The van der Waals surface area contributed by atoms with Gasteiger partial charge in [0.15, 0.2) is 0 Å². The molecular weight excluding hydrogens is 222 g/mol. The minimum absolute atomic E-state index is 0.477. The number of hydrogen-bond acceptors (Lipinski definition) is 2. The van der Waals surface area contributed by atoms with Crippen LogP contribution in [0.5, 0.6) is 0 Å². The molecule has 1 heterocycles. The van der Waals surface area contributed by atoms with Crippen LogP contribution in [-0.4, -0.2) is 16.3 Å². The fourth-order valence-electron chi connectivity index (χ4n) is 2.53. The van der Waals surface area contributed by atoms with E-state index in [2.05, 4.69) is 37.4 Å². The standard InChI is InChI=1S/C15H29N3/c1-5-7-8-9-10-11-15(16-6-2)14-12-18(4)17-13(14)3/h12,15-16H,5-11H2,1-4H3. The lowest BCUT2D eigenvalue weighted by molar-refractivity contribution is 0.477. The van der Waals surface area contributed by atoms with Crippen LogP contribution in [0.25, 0.3) is 0 Å². The Kier molecular flexibility index (Phi) is 7.02. The van der Waals surface area contributed by atoms with Gasteiger partial charge in [0.1, 0.15) is 0 Å². The Bertz CT molecular complexity index is 330. The van der Waals surface area contributed by atoms with E-state index in [1.807, 2.05) is 11.7 Å². The van der Waals surface area contributed by atoms with Crippen molar-refractivity contribution in [1.29, 1.82) is 0 Å². The molecule has 1 aromatic rings. The Labute approximate surface area is 112 Å². The lowest BCUT2D eigenvalue weighted by Crippen LogP contribution is -2.21. The summed E-state index contributed by atoms with van der Waals surface area (Å²) in [7, 11) is 2.00. The molecule has 0 saturated heterocycles. The first-order chi connectivity index (χ1) is 8.69. The lowest BCUT2D eigenvalue weighted by Gasteiger charge is -2.17. The van der Waals surface area contributed by atoms with Crippen molar-refractivity contribution in [1.82, 2.24) is 15.1 Å². The first kappa shape index (κ1) is 15.2. The molecule has 18 heavy (non-hydrogen) atoms. The average Bonchev–Trinajstić information content (AvgIpc) is 2.67. The molecular formula is C15H29N3. The molecule has 1 atom stereocenters. The number of aromatic nitrogens is 2. The van der Waals surface area contributed by atoms with Crippen LogP contribution in [0.1, 0.15) is 69.7 Å². The Balaban J connectivity index is 2.47. The smallest absolute Gasteiger partial charge is 0.0641 e. The molecule has 0 spiro atoms. The summed E-state index contributed by atoms with van der Waals surface area (Å²) in [6.45, 7) is 7.57. The zero-order valence-electron chi connectivity index (χ0n) is 12.5. The number of aryl methyl sites for hydroxylation is 2. The van der Waals surface area contributed by atoms with Crippen LogP contribution in [0.3, 0.4) is 0 Å². The largest absolute Gasteiger partial charge is 0.310 e. The van der Waals surface area contributed by atoms with Gasteiger partial charge in [-0.25, -0.2) is 0 Å². The summed E-state index contributed by atoms with van der Waals surface area (Å²) in [6, 6.07) is 0.477. The van der Waals surface area contributed by atoms with E-state index in [1.165, 1.54) is 44.1 Å². The first-order valence-electron chi connectivity index (χ1n) is 7.42. The van der Waals surface area contributed by atoms with Crippen LogP contribution in [0.15, 0.2) is 6.20 Å². The van der Waals surface area contributed by atoms with Gasteiger partial charge in [-0.05, 0) is 19.9 Å². The Morgan fingerprint density at radius 2 is 1.94 bits per heavy atom. The monoisotopic (exact) mass is 251 g/mol. The molecule has 1 rings (SSSR count). The zero-order chi connectivity index (χ0) is 13.4. The van der Waals surface area contributed by atoms with Crippen molar-refractivity contribution in [3.05, 3.63) is 17.5 Å². The summed E-state index contributed by atoms with van der Waals surface area (Å²) in [4.78, 5) is 0. The minimum Gasteiger partial charge on any atom is -0.310 e. The predicted molar refractivity (Wildman–Crippen MR) is 77.7 cm³/mol. The second-order valence-electron chi connectivity index (χ2n) is 5.16. The van der Waals surface area contributed by atoms with E-state index >= 15 is 0 Å². The zero-order valence-corrected chi connectivity index (χ0v) is 12.5. The molecule has 0 aromatic carbocycles. The van der Waals surface area contributed by atoms with Crippen LogP contribution in [0, 0.1) is 6.92 Å². The van der Waals surface area contributed by atoms with Gasteiger partial charge in [0.05, 0.1) is 5.69 Å². The fourth-order valence-corrected chi connectivity index (χ4v) is 2.53. The van der Waals surface area contributed by atoms with Crippen molar-refractivity contribution >= 4 is 0 Å². The quantitative estimate of drug-likeness (QED) is 0.678. The van der Waals surface area contributed by atoms with Crippen LogP contribution < -0.4 is 5.32 Å². The third kappa shape index (κ3) is 4.81. The topological polar surface area (TPSA) is 29.9 Å². The second kappa shape index (κ2) is 8.30. The number of rotatable bonds is 9. The summed E-state index contributed by atoms with van der Waals surface area (Å²) in [5.74, 6) is 0. The SMILES string of the molecule is CCCCCCCC(NCC)c1cn(C)nc1C. The van der Waals surface area contributed by atoms with Gasteiger partial charge in [-0.2, -0.15) is 5.10 Å². The molecule has 0 bridgehead atoms. The minimum atomic E-state index is 0.477. The molecule has 3 nitrogen and oxygen atoms in total. The Morgan fingerprint density at radius 3 is 2.50 bits per heavy atom. The number of hydrogen-bond donors (Lipinski definition) is 1. The van der Waals surface area contributed by atoms with Crippen LogP contribution in [0.2, 0.25) is 0 Å². The summed E-state index contributed by atoms with van der Waals surface area (Å²) < 4.78 is 1.92. The van der Waals surface area contributed by atoms with E-state index in [9.17, 15) is 0 Å². The fraction of sp³-hybridized carbons (Fsp3) is 0.800. The molecule has 104 valence electrons. The van der Waals surface area contributed by atoms with Crippen LogP contribution in [-0.2, 0) is 7.05 Å². The van der Waals surface area contributed by atoms with Crippen molar-refractivity contribution in [2.75, 3.05) is 6.54 Å². The Hall–Kier alpha value is -0.830. The molecule has 0 amide bonds. The normalized spacial score (nSPS) is 12.9. The van der Waals surface area contributed by atoms with Crippen molar-refractivity contribution < 1.29 is 0 Å². The van der Waals surface area contributed by atoms with Gasteiger partial charge in [-0.3, -0.25) is 4.68 Å². The molecule has 1 unspecified atom stereocenters. The van der Waals surface area contributed by atoms with E-state index in [0.717, 1.165) is 12.2 Å². The van der Waals surface area contributed by atoms with Gasteiger partial charge < -0.3 is 5.32 Å². The molecule has 0 saturated carbocycles. The van der Waals surface area contributed by atoms with E-state index in [1.54, 1.807) is 0 Å². The number of nitrogens with one attached hydrogen (secondary N) is 1. The first-order valence-corrected chi connectivity index (χ1v) is 7.42. The molecule has 0 aliphatic rings. The third-order valence-corrected chi connectivity index (χ3v) is 3.47. The van der Waals surface area contributed by atoms with Gasteiger partial charge in [-0.1, -0.05) is 46.0 Å². The van der Waals surface area contributed by atoms with Gasteiger partial charge in [0.2, 0.25) is 0 Å². The number of unbranched alkanes of at least 4 members (excludes halogenated alkanes) is 4. The molecule has 0 fully saturated rings. The third-order valence-electron chi connectivity index (χ3n) is 3.47. The lowest BCUT2D eigenvalue weighted by atomic mass is 10.0. The highest BCUT2D eigenvalue weighted by molar-refractivity contribution is 5.19. The van der Waals surface area contributed by atoms with Gasteiger partial charge in [0, 0.05) is 24.8 Å². The van der Waals surface area contributed by atoms with Crippen LogP contribution >= 0.6 is 0 Å². The van der Waals surface area contributed by atoms with Crippen molar-refractivity contribution in [3.63, 3.8) is 0 Å². The average molecular weight is 251 g/mol. The molecule has 0 radical (unpaired) electrons. The molecule has 3 heteroatoms. The van der Waals surface area contributed by atoms with Gasteiger partial charge >= 0.3 is 0 Å². The highest BCUT2D eigenvalue weighted by Gasteiger charge is 2.14. The molecule has 1 N–H and O–H groups in total. The second-order valence-corrected chi connectivity index (χ2v) is 5.16. The van der Waals surface area contributed by atoms with Gasteiger partial charge in [0.25, 0.3) is 0 Å². The highest BCUT2D eigenvalue weighted by Crippen LogP contribution is 2.22. The maximum Gasteiger partial charge on any atom is 0.0641 e. The Morgan fingerprint density at radius 1 is 1.22 bits per heavy atom. The van der Waals surface area contributed by atoms with Crippen LogP contribution in [0.4, 0.5) is 0 Å². The number of nitrogens with zero attached hydrogens (tertiary/aromatic N) is 2. The maximum atomic E-state index is 4.45. The van der Waals surface area contributed by atoms with E-state index in [0.29, 0.717) is 6.04 Å². The maximum absolute atomic E-state index is 4.45. The predicted octanol–water partition coefficient (Wildman–Crippen LogP) is 3.74. The van der Waals surface area contributed by atoms with Crippen molar-refractivity contribution in [2.45, 2.75) is 65.3 Å². The van der Waals surface area contributed by atoms with E-state index in [4.69, 9.17) is 0 Å². The molecule has 1 aromatic heterocycles. The van der Waals surface area contributed by atoms with E-state index in [-0.39, 0.29) is 0 Å². The van der Waals surface area contributed by atoms with Crippen molar-refractivity contribution in [2.24, 2.45) is 7.05 Å². The summed E-state index contributed by atoms with van der Waals surface area (Å²) in [6.07, 6.45) is 10.1. The van der Waals surface area contributed by atoms with E-state index < -0.39 is 0 Å². The van der Waals surface area contributed by atoms with Crippen molar-refractivity contribution in [3.8, 4) is 0 Å². The summed E-state index contributed by atoms with van der Waals surface area (Å²) >= 11 is 0. The summed E-state index contributed by atoms with van der Waals surface area (Å²) in [5.41, 5.74) is 2.53. The highest BCUT2D eigenvalue weighted by atomic mass is 15.3.